The zero-order valence-electron chi connectivity index (χ0n) is 18.1. The first-order chi connectivity index (χ1) is 14.2. The van der Waals surface area contributed by atoms with Crippen LogP contribution in [0.15, 0.2) is 12.4 Å². The molecule has 0 saturated carbocycles. The molecule has 1 amide bonds. The number of ether oxygens (including phenoxy) is 1. The first-order valence-electron chi connectivity index (χ1n) is 10.5. The van der Waals surface area contributed by atoms with Gasteiger partial charge < -0.3 is 15.4 Å². The molecule has 1 aromatic rings. The number of amides is 1. The monoisotopic (exact) mass is 433 g/mol. The molecule has 0 radical (unpaired) electrons. The summed E-state index contributed by atoms with van der Waals surface area (Å²) in [6.45, 7) is 11.0. The van der Waals surface area contributed by atoms with Gasteiger partial charge in [-0.1, -0.05) is 27.2 Å². The number of fused-ring (bicyclic) bond motifs is 1. The van der Waals surface area contributed by atoms with E-state index in [4.69, 9.17) is 10.5 Å². The highest BCUT2D eigenvalue weighted by molar-refractivity contribution is 5.76. The lowest BCUT2D eigenvalue weighted by Gasteiger charge is -2.51. The molecule has 1 aromatic heterocycles. The van der Waals surface area contributed by atoms with E-state index in [1.165, 1.54) is 19.5 Å². The van der Waals surface area contributed by atoms with Gasteiger partial charge in [0.1, 0.15) is 0 Å². The summed E-state index contributed by atoms with van der Waals surface area (Å²) in [5.74, 6) is 0.100. The maximum atomic E-state index is 12.0. The Bertz CT molecular complexity index is 613. The second-order valence-electron chi connectivity index (χ2n) is 7.14. The van der Waals surface area contributed by atoms with Crippen molar-refractivity contribution in [2.24, 2.45) is 0 Å². The van der Waals surface area contributed by atoms with Gasteiger partial charge in [0.15, 0.2) is 0 Å². The number of hydrogen-bond donors (Lipinski definition) is 1. The number of halogens is 3. The molecule has 2 aliphatic heterocycles. The lowest BCUT2D eigenvalue weighted by Crippen LogP contribution is -2.63. The van der Waals surface area contributed by atoms with Gasteiger partial charge in [-0.3, -0.25) is 9.69 Å². The molecule has 2 fully saturated rings. The quantitative estimate of drug-likeness (QED) is 0.715. The summed E-state index contributed by atoms with van der Waals surface area (Å²) in [6.07, 6.45) is 2.39. The second kappa shape index (κ2) is 13.4. The lowest BCUT2D eigenvalue weighted by atomic mass is 10.0. The van der Waals surface area contributed by atoms with Crippen LogP contribution in [0.5, 0.6) is 0 Å². The van der Waals surface area contributed by atoms with Crippen LogP contribution in [-0.4, -0.2) is 64.7 Å². The van der Waals surface area contributed by atoms with E-state index < -0.39 is 11.7 Å². The largest absolute Gasteiger partial charge is 0.419 e. The van der Waals surface area contributed by atoms with Crippen LogP contribution < -0.4 is 5.73 Å². The van der Waals surface area contributed by atoms with Crippen LogP contribution in [-0.2, 0) is 15.7 Å². The second-order valence-corrected chi connectivity index (χ2v) is 7.14. The predicted molar refractivity (Wildman–Crippen MR) is 109 cm³/mol. The number of nitrogen functional groups attached to an aromatic ring is 1. The van der Waals surface area contributed by atoms with Crippen molar-refractivity contribution in [3.05, 3.63) is 18.0 Å². The summed E-state index contributed by atoms with van der Waals surface area (Å²) in [5.41, 5.74) is 4.08. The fourth-order valence-electron chi connectivity index (χ4n) is 2.96. The third kappa shape index (κ3) is 8.83. The predicted octanol–water partition coefficient (Wildman–Crippen LogP) is 3.56. The molecule has 0 bridgehead atoms. The zero-order chi connectivity index (χ0) is 22.6. The Morgan fingerprint density at radius 2 is 1.80 bits per heavy atom. The van der Waals surface area contributed by atoms with Gasteiger partial charge in [-0.2, -0.15) is 13.2 Å². The van der Waals surface area contributed by atoms with Crippen LogP contribution >= 0.6 is 0 Å². The molecule has 7 nitrogen and oxygen atoms in total. The topological polar surface area (TPSA) is 84.6 Å². The summed E-state index contributed by atoms with van der Waals surface area (Å²) in [4.78, 5) is 22.8. The van der Waals surface area contributed by atoms with Crippen molar-refractivity contribution < 1.29 is 22.7 Å². The van der Waals surface area contributed by atoms with Gasteiger partial charge in [0, 0.05) is 38.6 Å². The van der Waals surface area contributed by atoms with E-state index in [2.05, 4.69) is 35.6 Å². The molecular formula is C20H34F3N5O2. The molecule has 3 rings (SSSR count). The molecule has 0 aromatic carbocycles. The number of hydrogen-bond acceptors (Lipinski definition) is 6. The molecule has 0 unspecified atom stereocenters. The number of nitrogens with two attached hydrogens (primary N) is 1. The fraction of sp³-hybridized carbons (Fsp3) is 0.750. The van der Waals surface area contributed by atoms with E-state index in [1.54, 1.807) is 0 Å². The van der Waals surface area contributed by atoms with Crippen LogP contribution in [0.3, 0.4) is 0 Å². The SMILES string of the molecule is CCC.CCCOCCC(=O)N1CCCN2CC[C@H]21.Nc1ncc(C(F)(F)F)cn1. The van der Waals surface area contributed by atoms with Crippen LogP contribution in [0.2, 0.25) is 0 Å². The van der Waals surface area contributed by atoms with E-state index in [0.29, 0.717) is 31.6 Å². The summed E-state index contributed by atoms with van der Waals surface area (Å²) < 4.78 is 40.8. The molecule has 2 saturated heterocycles. The van der Waals surface area contributed by atoms with E-state index in [9.17, 15) is 18.0 Å². The summed E-state index contributed by atoms with van der Waals surface area (Å²) in [5, 5.41) is 0. The standard InChI is InChI=1S/C12H22N2O2.C5H4F3N3.C3H8/c1-2-9-16-10-5-12(15)14-7-3-6-13-8-4-11(13)14;6-5(7,8)3-1-10-4(9)11-2-3;1-3-2/h11H,2-10H2,1H3;1-2H,(H2,9,10,11);3H2,1-2H3/t11-;;/m1../s1. The number of nitrogens with zero attached hydrogens (tertiary/aromatic N) is 4. The highest BCUT2D eigenvalue weighted by Gasteiger charge is 2.37. The molecule has 0 spiro atoms. The van der Waals surface area contributed by atoms with E-state index in [-0.39, 0.29) is 11.9 Å². The zero-order valence-corrected chi connectivity index (χ0v) is 18.1. The summed E-state index contributed by atoms with van der Waals surface area (Å²) in [7, 11) is 0. The van der Waals surface area contributed by atoms with Gasteiger partial charge in [-0.15, -0.1) is 0 Å². The summed E-state index contributed by atoms with van der Waals surface area (Å²) in [6, 6.07) is 0. The fourth-order valence-corrected chi connectivity index (χ4v) is 2.96. The first-order valence-corrected chi connectivity index (χ1v) is 10.5. The van der Waals surface area contributed by atoms with Gasteiger partial charge >= 0.3 is 6.18 Å². The van der Waals surface area contributed by atoms with Crippen molar-refractivity contribution in [3.8, 4) is 0 Å². The first kappa shape index (κ1) is 26.1. The lowest BCUT2D eigenvalue weighted by molar-refractivity contribution is -0.150. The molecule has 2 N–H and O–H groups in total. The molecule has 2 aliphatic rings. The number of anilines is 1. The van der Waals surface area contributed by atoms with Crippen molar-refractivity contribution in [2.45, 2.75) is 65.2 Å². The van der Waals surface area contributed by atoms with Crippen LogP contribution in [0.1, 0.15) is 58.4 Å². The van der Waals surface area contributed by atoms with Gasteiger partial charge in [0.25, 0.3) is 0 Å². The summed E-state index contributed by atoms with van der Waals surface area (Å²) >= 11 is 0. The Balaban J connectivity index is 0.000000280. The number of aromatic nitrogens is 2. The highest BCUT2D eigenvalue weighted by Crippen LogP contribution is 2.28. The van der Waals surface area contributed by atoms with Crippen LogP contribution in [0.4, 0.5) is 19.1 Å². The molecule has 3 heterocycles. The number of carbonyl (C=O) groups excluding carboxylic acids is 1. The molecule has 30 heavy (non-hydrogen) atoms. The molecule has 10 heteroatoms. The maximum Gasteiger partial charge on any atom is 0.419 e. The third-order valence-electron chi connectivity index (χ3n) is 4.43. The molecule has 172 valence electrons. The van der Waals surface area contributed by atoms with E-state index in [0.717, 1.165) is 32.4 Å². The Labute approximate surface area is 176 Å². The van der Waals surface area contributed by atoms with Gasteiger partial charge in [-0.05, 0) is 19.3 Å². The number of rotatable bonds is 5. The average Bonchev–Trinajstić information content (AvgIpc) is 2.66. The van der Waals surface area contributed by atoms with E-state index in [1.807, 2.05) is 4.90 Å². The number of alkyl halides is 3. The minimum Gasteiger partial charge on any atom is -0.381 e. The third-order valence-corrected chi connectivity index (χ3v) is 4.43. The minimum atomic E-state index is -4.40. The van der Waals surface area contributed by atoms with Crippen molar-refractivity contribution in [1.29, 1.82) is 0 Å². The maximum absolute atomic E-state index is 12.0. The van der Waals surface area contributed by atoms with Crippen molar-refractivity contribution in [1.82, 2.24) is 19.8 Å². The smallest absolute Gasteiger partial charge is 0.381 e. The Morgan fingerprint density at radius 1 is 1.17 bits per heavy atom. The Hall–Kier alpha value is -1.94. The molecule has 0 aliphatic carbocycles. The minimum absolute atomic E-state index is 0.169. The molecule has 1 atom stereocenters. The Kier molecular flexibility index (Phi) is 11.6. The van der Waals surface area contributed by atoms with Crippen LogP contribution in [0, 0.1) is 0 Å². The number of carbonyl (C=O) groups is 1. The highest BCUT2D eigenvalue weighted by atomic mass is 19.4. The normalized spacial score (nSPS) is 18.2. The Morgan fingerprint density at radius 3 is 2.30 bits per heavy atom. The van der Waals surface area contributed by atoms with Gasteiger partial charge in [0.2, 0.25) is 11.9 Å². The average molecular weight is 434 g/mol. The van der Waals surface area contributed by atoms with Gasteiger partial charge in [0.05, 0.1) is 24.8 Å². The van der Waals surface area contributed by atoms with E-state index >= 15 is 0 Å². The van der Waals surface area contributed by atoms with Gasteiger partial charge in [-0.25, -0.2) is 9.97 Å². The molecular weight excluding hydrogens is 399 g/mol. The van der Waals surface area contributed by atoms with Crippen LogP contribution in [0.25, 0.3) is 0 Å². The van der Waals surface area contributed by atoms with Crippen molar-refractivity contribution in [2.75, 3.05) is 38.6 Å². The van der Waals surface area contributed by atoms with Crippen molar-refractivity contribution >= 4 is 11.9 Å². The van der Waals surface area contributed by atoms with Crippen molar-refractivity contribution in [3.63, 3.8) is 0 Å².